The number of aryl methyl sites for hydroxylation is 2. The molecule has 174 valence electrons. The standard InChI is InChI=1S/C31H29N3O/c1-4-23-15-17-26(18-16-23)33(3)27-19-20-29-28(21-27)31(35)34(22(2)32-29)30(24-11-7-5-8-12-24)25-13-9-6-10-14-25/h5-21,30H,4H2,1-3H3. The smallest absolute Gasteiger partial charge is 0.262 e. The van der Waals surface area contributed by atoms with Gasteiger partial charge in [0.25, 0.3) is 5.56 Å². The van der Waals surface area contributed by atoms with E-state index in [-0.39, 0.29) is 11.6 Å². The van der Waals surface area contributed by atoms with Crippen LogP contribution in [0.1, 0.15) is 35.5 Å². The summed E-state index contributed by atoms with van der Waals surface area (Å²) in [6.45, 7) is 4.06. The van der Waals surface area contributed by atoms with Gasteiger partial charge in [0.1, 0.15) is 5.82 Å². The number of anilines is 2. The maximum absolute atomic E-state index is 14.0. The van der Waals surface area contributed by atoms with Crippen molar-refractivity contribution >= 4 is 22.3 Å². The van der Waals surface area contributed by atoms with Crippen molar-refractivity contribution in [2.45, 2.75) is 26.3 Å². The Kier molecular flexibility index (Phi) is 6.19. The lowest BCUT2D eigenvalue weighted by Crippen LogP contribution is -2.29. The summed E-state index contributed by atoms with van der Waals surface area (Å²) in [6, 6.07) is 34.5. The van der Waals surface area contributed by atoms with Gasteiger partial charge in [-0.25, -0.2) is 4.98 Å². The second kappa shape index (κ2) is 9.59. The highest BCUT2D eigenvalue weighted by atomic mass is 16.1. The molecule has 0 saturated carbocycles. The molecule has 5 aromatic rings. The predicted molar refractivity (Wildman–Crippen MR) is 145 cm³/mol. The summed E-state index contributed by atoms with van der Waals surface area (Å²) in [6.07, 6.45) is 1.01. The summed E-state index contributed by atoms with van der Waals surface area (Å²) in [5, 5.41) is 0.613. The Morgan fingerprint density at radius 2 is 1.37 bits per heavy atom. The molecule has 0 saturated heterocycles. The maximum Gasteiger partial charge on any atom is 0.262 e. The minimum absolute atomic E-state index is 0.0400. The summed E-state index contributed by atoms with van der Waals surface area (Å²) in [4.78, 5) is 21.0. The Morgan fingerprint density at radius 1 is 0.800 bits per heavy atom. The summed E-state index contributed by atoms with van der Waals surface area (Å²) in [5.74, 6) is 0.691. The highest BCUT2D eigenvalue weighted by molar-refractivity contribution is 5.83. The first kappa shape index (κ1) is 22.6. The van der Waals surface area contributed by atoms with E-state index >= 15 is 0 Å². The van der Waals surface area contributed by atoms with Crippen molar-refractivity contribution in [3.05, 3.63) is 136 Å². The Labute approximate surface area is 206 Å². The van der Waals surface area contributed by atoms with E-state index < -0.39 is 0 Å². The molecular weight excluding hydrogens is 430 g/mol. The van der Waals surface area contributed by atoms with Crippen molar-refractivity contribution in [1.82, 2.24) is 9.55 Å². The molecule has 0 bridgehead atoms. The third-order valence-corrected chi connectivity index (χ3v) is 6.67. The van der Waals surface area contributed by atoms with Gasteiger partial charge in [-0.15, -0.1) is 0 Å². The van der Waals surface area contributed by atoms with E-state index in [0.29, 0.717) is 16.7 Å². The Balaban J connectivity index is 1.66. The highest BCUT2D eigenvalue weighted by Crippen LogP contribution is 2.29. The number of rotatable bonds is 6. The van der Waals surface area contributed by atoms with E-state index in [1.807, 2.05) is 73.1 Å². The number of benzene rings is 4. The van der Waals surface area contributed by atoms with Crippen LogP contribution in [0.2, 0.25) is 0 Å². The molecule has 0 aliphatic carbocycles. The van der Waals surface area contributed by atoms with Crippen molar-refractivity contribution in [3.63, 3.8) is 0 Å². The number of aromatic nitrogens is 2. The fourth-order valence-corrected chi connectivity index (χ4v) is 4.68. The number of hydrogen-bond acceptors (Lipinski definition) is 3. The second-order valence-corrected chi connectivity index (χ2v) is 8.84. The predicted octanol–water partition coefficient (Wildman–Crippen LogP) is 6.67. The van der Waals surface area contributed by atoms with E-state index in [2.05, 4.69) is 60.4 Å². The molecule has 4 nitrogen and oxygen atoms in total. The SMILES string of the molecule is CCc1ccc(N(C)c2ccc3nc(C)n(C(c4ccccc4)c4ccccc4)c(=O)c3c2)cc1. The van der Waals surface area contributed by atoms with E-state index in [0.717, 1.165) is 28.9 Å². The normalized spacial score (nSPS) is 11.2. The van der Waals surface area contributed by atoms with E-state index in [1.165, 1.54) is 5.56 Å². The van der Waals surface area contributed by atoms with Crippen molar-refractivity contribution in [2.75, 3.05) is 11.9 Å². The Morgan fingerprint density at radius 3 is 1.94 bits per heavy atom. The summed E-state index contributed by atoms with van der Waals surface area (Å²) >= 11 is 0. The minimum Gasteiger partial charge on any atom is -0.345 e. The van der Waals surface area contributed by atoms with Crippen LogP contribution in [0.5, 0.6) is 0 Å². The van der Waals surface area contributed by atoms with Gasteiger partial charge in [0.05, 0.1) is 16.9 Å². The van der Waals surface area contributed by atoms with Gasteiger partial charge in [0.2, 0.25) is 0 Å². The first-order valence-electron chi connectivity index (χ1n) is 12.0. The summed E-state index contributed by atoms with van der Waals surface area (Å²) in [7, 11) is 2.03. The van der Waals surface area contributed by atoms with Gasteiger partial charge in [0.15, 0.2) is 0 Å². The zero-order chi connectivity index (χ0) is 24.4. The van der Waals surface area contributed by atoms with Crippen LogP contribution in [0.25, 0.3) is 10.9 Å². The molecule has 0 N–H and O–H groups in total. The van der Waals surface area contributed by atoms with Gasteiger partial charge in [-0.1, -0.05) is 79.7 Å². The minimum atomic E-state index is -0.259. The van der Waals surface area contributed by atoms with Crippen molar-refractivity contribution < 1.29 is 0 Å². The van der Waals surface area contributed by atoms with Gasteiger partial charge in [-0.2, -0.15) is 0 Å². The fourth-order valence-electron chi connectivity index (χ4n) is 4.68. The molecule has 4 heteroatoms. The van der Waals surface area contributed by atoms with Crippen LogP contribution in [0.15, 0.2) is 108 Å². The molecule has 1 heterocycles. The highest BCUT2D eigenvalue weighted by Gasteiger charge is 2.21. The number of hydrogen-bond donors (Lipinski definition) is 0. The largest absolute Gasteiger partial charge is 0.345 e. The van der Waals surface area contributed by atoms with Crippen LogP contribution in [0, 0.1) is 6.92 Å². The van der Waals surface area contributed by atoms with E-state index in [9.17, 15) is 4.79 Å². The first-order valence-corrected chi connectivity index (χ1v) is 12.0. The number of nitrogens with zero attached hydrogens (tertiary/aromatic N) is 3. The fraction of sp³-hybridized carbons (Fsp3) is 0.161. The van der Waals surface area contributed by atoms with Crippen LogP contribution in [-0.4, -0.2) is 16.6 Å². The number of fused-ring (bicyclic) bond motifs is 1. The third kappa shape index (κ3) is 4.35. The van der Waals surface area contributed by atoms with Crippen molar-refractivity contribution in [1.29, 1.82) is 0 Å². The van der Waals surface area contributed by atoms with Gasteiger partial charge < -0.3 is 4.90 Å². The molecular formula is C31H29N3O. The van der Waals surface area contributed by atoms with Crippen LogP contribution >= 0.6 is 0 Å². The van der Waals surface area contributed by atoms with Gasteiger partial charge in [-0.05, 0) is 60.4 Å². The van der Waals surface area contributed by atoms with Crippen molar-refractivity contribution in [2.24, 2.45) is 0 Å². The quantitative estimate of drug-likeness (QED) is 0.284. The van der Waals surface area contributed by atoms with Crippen LogP contribution in [0.4, 0.5) is 11.4 Å². The zero-order valence-electron chi connectivity index (χ0n) is 20.3. The lowest BCUT2D eigenvalue weighted by Gasteiger charge is -2.24. The Bertz CT molecular complexity index is 1470. The monoisotopic (exact) mass is 459 g/mol. The van der Waals surface area contributed by atoms with Crippen molar-refractivity contribution in [3.8, 4) is 0 Å². The van der Waals surface area contributed by atoms with Gasteiger partial charge in [-0.3, -0.25) is 9.36 Å². The zero-order valence-corrected chi connectivity index (χ0v) is 20.3. The second-order valence-electron chi connectivity index (χ2n) is 8.84. The average molecular weight is 460 g/mol. The molecule has 4 aromatic carbocycles. The van der Waals surface area contributed by atoms with Crippen LogP contribution < -0.4 is 10.5 Å². The molecule has 0 aliphatic rings. The third-order valence-electron chi connectivity index (χ3n) is 6.67. The molecule has 0 amide bonds. The molecule has 0 radical (unpaired) electrons. The van der Waals surface area contributed by atoms with Crippen LogP contribution in [-0.2, 0) is 6.42 Å². The molecule has 0 atom stereocenters. The maximum atomic E-state index is 14.0. The van der Waals surface area contributed by atoms with Crippen LogP contribution in [0.3, 0.4) is 0 Å². The Hall–Kier alpha value is -4.18. The molecule has 0 fully saturated rings. The molecule has 5 rings (SSSR count). The van der Waals surface area contributed by atoms with E-state index in [4.69, 9.17) is 4.98 Å². The first-order chi connectivity index (χ1) is 17.1. The molecule has 1 aromatic heterocycles. The summed E-state index contributed by atoms with van der Waals surface area (Å²) < 4.78 is 1.83. The topological polar surface area (TPSA) is 38.1 Å². The van der Waals surface area contributed by atoms with E-state index in [1.54, 1.807) is 0 Å². The lowest BCUT2D eigenvalue weighted by molar-refractivity contribution is 0.620. The van der Waals surface area contributed by atoms with Gasteiger partial charge in [0, 0.05) is 18.4 Å². The lowest BCUT2D eigenvalue weighted by atomic mass is 9.98. The molecule has 0 spiro atoms. The average Bonchev–Trinajstić information content (AvgIpc) is 2.91. The molecule has 0 aliphatic heterocycles. The summed E-state index contributed by atoms with van der Waals surface area (Å²) in [5.41, 5.74) is 6.10. The van der Waals surface area contributed by atoms with Gasteiger partial charge >= 0.3 is 0 Å². The molecule has 0 unspecified atom stereocenters. The molecule has 35 heavy (non-hydrogen) atoms.